The lowest BCUT2D eigenvalue weighted by Gasteiger charge is -2.06. The second-order valence-electron chi connectivity index (χ2n) is 3.40. The molecule has 1 aromatic rings. The molecule has 0 amide bonds. The van der Waals surface area contributed by atoms with Crippen molar-refractivity contribution in [2.24, 2.45) is 0 Å². The molecule has 6 heteroatoms. The van der Waals surface area contributed by atoms with Crippen molar-refractivity contribution in [2.75, 3.05) is 12.8 Å². The Morgan fingerprint density at radius 2 is 2.07 bits per heavy atom. The highest BCUT2D eigenvalue weighted by molar-refractivity contribution is 7.88. The van der Waals surface area contributed by atoms with Crippen LogP contribution < -0.4 is 10.3 Å². The predicted octanol–water partition coefficient (Wildman–Crippen LogP) is -0.294. The van der Waals surface area contributed by atoms with E-state index in [2.05, 4.69) is 4.72 Å². The van der Waals surface area contributed by atoms with Crippen molar-refractivity contribution in [3.63, 3.8) is 0 Å². The second kappa shape index (κ2) is 4.59. The number of pyridine rings is 1. The molecule has 0 saturated carbocycles. The Balaban J connectivity index is 2.66. The largest absolute Gasteiger partial charge is 0.314 e. The maximum absolute atomic E-state index is 11.3. The standard InChI is InChI=1S/C9H14N2O3S/c1-8-3-4-9(12)11(7-8)6-5-10-15(2,13)14/h3-4,7,10H,5-6H2,1-2H3. The van der Waals surface area contributed by atoms with Crippen LogP contribution >= 0.6 is 0 Å². The number of aromatic nitrogens is 1. The maximum Gasteiger partial charge on any atom is 0.250 e. The summed E-state index contributed by atoms with van der Waals surface area (Å²) in [6.45, 7) is 2.44. The minimum Gasteiger partial charge on any atom is -0.314 e. The van der Waals surface area contributed by atoms with Gasteiger partial charge in [-0.05, 0) is 12.5 Å². The lowest BCUT2D eigenvalue weighted by Crippen LogP contribution is -2.29. The summed E-state index contributed by atoms with van der Waals surface area (Å²) in [6.07, 6.45) is 2.79. The van der Waals surface area contributed by atoms with Crippen LogP contribution in [-0.4, -0.2) is 25.8 Å². The maximum atomic E-state index is 11.3. The Hall–Kier alpha value is -1.14. The first-order valence-electron chi connectivity index (χ1n) is 4.50. The van der Waals surface area contributed by atoms with Gasteiger partial charge in [0.15, 0.2) is 0 Å². The quantitative estimate of drug-likeness (QED) is 0.772. The molecule has 15 heavy (non-hydrogen) atoms. The van der Waals surface area contributed by atoms with Gasteiger partial charge in [-0.15, -0.1) is 0 Å². The van der Waals surface area contributed by atoms with E-state index in [1.807, 2.05) is 6.92 Å². The van der Waals surface area contributed by atoms with Gasteiger partial charge >= 0.3 is 0 Å². The molecule has 1 aromatic heterocycles. The van der Waals surface area contributed by atoms with Gasteiger partial charge in [-0.2, -0.15) is 0 Å². The number of nitrogens with zero attached hydrogens (tertiary/aromatic N) is 1. The predicted molar refractivity (Wildman–Crippen MR) is 58.3 cm³/mol. The summed E-state index contributed by atoms with van der Waals surface area (Å²) < 4.78 is 25.4. The van der Waals surface area contributed by atoms with Gasteiger partial charge in [0, 0.05) is 25.4 Å². The van der Waals surface area contributed by atoms with Gasteiger partial charge in [0.05, 0.1) is 6.26 Å². The van der Waals surface area contributed by atoms with Crippen LogP contribution in [0.2, 0.25) is 0 Å². The van der Waals surface area contributed by atoms with Crippen molar-refractivity contribution in [1.82, 2.24) is 9.29 Å². The fraction of sp³-hybridized carbons (Fsp3) is 0.444. The van der Waals surface area contributed by atoms with Crippen LogP contribution in [0.5, 0.6) is 0 Å². The summed E-state index contributed by atoms with van der Waals surface area (Å²) in [5, 5.41) is 0. The zero-order valence-electron chi connectivity index (χ0n) is 8.73. The third-order valence-electron chi connectivity index (χ3n) is 1.85. The molecule has 5 nitrogen and oxygen atoms in total. The molecule has 0 atom stereocenters. The first kappa shape index (κ1) is 11.9. The van der Waals surface area contributed by atoms with Crippen molar-refractivity contribution in [3.8, 4) is 0 Å². The number of nitrogens with one attached hydrogen (secondary N) is 1. The van der Waals surface area contributed by atoms with Crippen LogP contribution in [0.1, 0.15) is 5.56 Å². The van der Waals surface area contributed by atoms with Gasteiger partial charge in [0.25, 0.3) is 5.56 Å². The molecule has 1 heterocycles. The highest BCUT2D eigenvalue weighted by Gasteiger charge is 2.00. The molecule has 1 rings (SSSR count). The monoisotopic (exact) mass is 230 g/mol. The molecule has 84 valence electrons. The Morgan fingerprint density at radius 3 is 2.67 bits per heavy atom. The molecule has 0 saturated heterocycles. The highest BCUT2D eigenvalue weighted by Crippen LogP contribution is 1.91. The minimum atomic E-state index is -3.18. The van der Waals surface area contributed by atoms with E-state index in [1.54, 1.807) is 12.3 Å². The van der Waals surface area contributed by atoms with Crippen LogP contribution in [0.15, 0.2) is 23.1 Å². The SMILES string of the molecule is Cc1ccc(=O)n(CCNS(C)(=O)=O)c1. The van der Waals surface area contributed by atoms with Gasteiger partial charge in [-0.25, -0.2) is 13.1 Å². The Bertz CT molecular complexity index is 490. The van der Waals surface area contributed by atoms with E-state index in [-0.39, 0.29) is 12.1 Å². The molecule has 0 spiro atoms. The van der Waals surface area contributed by atoms with Gasteiger partial charge in [-0.1, -0.05) is 6.07 Å². The summed E-state index contributed by atoms with van der Waals surface area (Å²) in [5.41, 5.74) is 0.838. The number of hydrogen-bond donors (Lipinski definition) is 1. The lowest BCUT2D eigenvalue weighted by molar-refractivity contribution is 0.576. The van der Waals surface area contributed by atoms with Crippen LogP contribution in [0.25, 0.3) is 0 Å². The first-order valence-corrected chi connectivity index (χ1v) is 6.39. The van der Waals surface area contributed by atoms with E-state index in [0.717, 1.165) is 11.8 Å². The van der Waals surface area contributed by atoms with E-state index >= 15 is 0 Å². The minimum absolute atomic E-state index is 0.129. The molecule has 1 N–H and O–H groups in total. The molecule has 0 radical (unpaired) electrons. The fourth-order valence-corrected chi connectivity index (χ4v) is 1.64. The Morgan fingerprint density at radius 1 is 1.40 bits per heavy atom. The number of hydrogen-bond acceptors (Lipinski definition) is 3. The Kier molecular flexibility index (Phi) is 3.65. The average molecular weight is 230 g/mol. The van der Waals surface area contributed by atoms with Crippen molar-refractivity contribution >= 4 is 10.0 Å². The molecule has 0 fully saturated rings. The molecule has 0 aliphatic heterocycles. The molecule has 0 unspecified atom stereocenters. The van der Waals surface area contributed by atoms with Gasteiger partial charge < -0.3 is 4.57 Å². The zero-order valence-corrected chi connectivity index (χ0v) is 9.54. The van der Waals surface area contributed by atoms with E-state index < -0.39 is 10.0 Å². The van der Waals surface area contributed by atoms with Crippen molar-refractivity contribution in [1.29, 1.82) is 0 Å². The molecule has 0 aromatic carbocycles. The van der Waals surface area contributed by atoms with Gasteiger partial charge in [0.1, 0.15) is 0 Å². The smallest absolute Gasteiger partial charge is 0.250 e. The van der Waals surface area contributed by atoms with Crippen molar-refractivity contribution in [3.05, 3.63) is 34.2 Å². The molecular formula is C9H14N2O3S. The zero-order chi connectivity index (χ0) is 11.5. The summed E-state index contributed by atoms with van der Waals surface area (Å²) in [5.74, 6) is 0. The van der Waals surface area contributed by atoms with Gasteiger partial charge in [-0.3, -0.25) is 4.79 Å². The topological polar surface area (TPSA) is 68.2 Å². The van der Waals surface area contributed by atoms with E-state index in [4.69, 9.17) is 0 Å². The highest BCUT2D eigenvalue weighted by atomic mass is 32.2. The van der Waals surface area contributed by atoms with Crippen LogP contribution in [-0.2, 0) is 16.6 Å². The fourth-order valence-electron chi connectivity index (χ4n) is 1.18. The van der Waals surface area contributed by atoms with Gasteiger partial charge in [0.2, 0.25) is 10.0 Å². The van der Waals surface area contributed by atoms with Crippen LogP contribution in [0.4, 0.5) is 0 Å². The molecule has 0 bridgehead atoms. The van der Waals surface area contributed by atoms with Crippen LogP contribution in [0.3, 0.4) is 0 Å². The Labute approximate surface area is 88.8 Å². The average Bonchev–Trinajstić information content (AvgIpc) is 2.09. The molecular weight excluding hydrogens is 216 g/mol. The molecule has 0 aliphatic rings. The van der Waals surface area contributed by atoms with Crippen molar-refractivity contribution < 1.29 is 8.42 Å². The third kappa shape index (κ3) is 4.26. The van der Waals surface area contributed by atoms with E-state index in [9.17, 15) is 13.2 Å². The number of rotatable bonds is 4. The van der Waals surface area contributed by atoms with Crippen LogP contribution in [0, 0.1) is 6.92 Å². The third-order valence-corrected chi connectivity index (χ3v) is 2.58. The van der Waals surface area contributed by atoms with Crippen molar-refractivity contribution in [2.45, 2.75) is 13.5 Å². The second-order valence-corrected chi connectivity index (χ2v) is 5.24. The number of aryl methyl sites for hydroxylation is 1. The summed E-state index contributed by atoms with van der Waals surface area (Å²) in [6, 6.07) is 3.19. The number of sulfonamides is 1. The normalized spacial score (nSPS) is 11.6. The molecule has 0 aliphatic carbocycles. The lowest BCUT2D eigenvalue weighted by atomic mass is 10.3. The van der Waals surface area contributed by atoms with E-state index in [1.165, 1.54) is 10.6 Å². The first-order chi connectivity index (χ1) is 6.88. The summed E-state index contributed by atoms with van der Waals surface area (Å²) in [7, 11) is -3.18. The van der Waals surface area contributed by atoms with E-state index in [0.29, 0.717) is 6.54 Å². The summed E-state index contributed by atoms with van der Waals surface area (Å²) in [4.78, 5) is 11.3. The summed E-state index contributed by atoms with van der Waals surface area (Å²) >= 11 is 0.